The fourth-order valence-electron chi connectivity index (χ4n) is 2.10. The van der Waals surface area contributed by atoms with Crippen molar-refractivity contribution >= 4 is 17.5 Å². The van der Waals surface area contributed by atoms with Crippen LogP contribution in [0.15, 0.2) is 24.3 Å². The Morgan fingerprint density at radius 1 is 1.42 bits per heavy atom. The van der Waals surface area contributed by atoms with E-state index >= 15 is 0 Å². The van der Waals surface area contributed by atoms with Gasteiger partial charge in [-0.25, -0.2) is 0 Å². The molecule has 0 aromatic heterocycles. The molecule has 1 saturated heterocycles. The van der Waals surface area contributed by atoms with Gasteiger partial charge >= 0.3 is 0 Å². The Morgan fingerprint density at radius 3 is 2.63 bits per heavy atom. The Bertz CT molecular complexity index is 521. The summed E-state index contributed by atoms with van der Waals surface area (Å²) in [5.74, 6) is -0.173. The molecule has 0 radical (unpaired) electrons. The van der Waals surface area contributed by atoms with Crippen molar-refractivity contribution < 1.29 is 9.59 Å². The van der Waals surface area contributed by atoms with Gasteiger partial charge in [-0.3, -0.25) is 9.59 Å². The summed E-state index contributed by atoms with van der Waals surface area (Å²) in [5, 5.41) is 11.4. The van der Waals surface area contributed by atoms with E-state index in [1.807, 2.05) is 6.07 Å². The van der Waals surface area contributed by atoms with Crippen molar-refractivity contribution in [3.8, 4) is 6.07 Å². The number of amides is 2. The molecule has 0 aliphatic carbocycles. The summed E-state index contributed by atoms with van der Waals surface area (Å²) in [6, 6.07) is 8.90. The lowest BCUT2D eigenvalue weighted by Gasteiger charge is -2.26. The Morgan fingerprint density at radius 2 is 2.11 bits per heavy atom. The van der Waals surface area contributed by atoms with E-state index in [2.05, 4.69) is 5.32 Å². The van der Waals surface area contributed by atoms with E-state index in [0.29, 0.717) is 24.9 Å². The first-order valence-corrected chi connectivity index (χ1v) is 6.16. The van der Waals surface area contributed by atoms with Gasteiger partial charge in [0.1, 0.15) is 0 Å². The zero-order valence-corrected chi connectivity index (χ0v) is 10.7. The SMILES string of the molecule is CN(C(=O)C1CCC(=O)NC1)c1ccc(C#N)cc1. The monoisotopic (exact) mass is 257 g/mol. The molecule has 2 amide bonds. The lowest BCUT2D eigenvalue weighted by molar-refractivity contribution is -0.127. The number of nitrogens with zero attached hydrogens (tertiary/aromatic N) is 2. The second kappa shape index (κ2) is 5.53. The lowest BCUT2D eigenvalue weighted by atomic mass is 9.97. The highest BCUT2D eigenvalue weighted by Crippen LogP contribution is 2.19. The minimum absolute atomic E-state index is 0.00470. The minimum Gasteiger partial charge on any atom is -0.355 e. The van der Waals surface area contributed by atoms with Crippen LogP contribution in [-0.2, 0) is 9.59 Å². The van der Waals surface area contributed by atoms with Gasteiger partial charge in [-0.15, -0.1) is 0 Å². The molecule has 1 heterocycles. The number of piperidine rings is 1. The molecule has 1 unspecified atom stereocenters. The van der Waals surface area contributed by atoms with Crippen molar-refractivity contribution in [3.63, 3.8) is 0 Å². The van der Waals surface area contributed by atoms with E-state index in [1.54, 1.807) is 36.2 Å². The fourth-order valence-corrected chi connectivity index (χ4v) is 2.10. The zero-order valence-electron chi connectivity index (χ0n) is 10.7. The van der Waals surface area contributed by atoms with E-state index < -0.39 is 0 Å². The van der Waals surface area contributed by atoms with Gasteiger partial charge in [0, 0.05) is 25.7 Å². The quantitative estimate of drug-likeness (QED) is 0.860. The summed E-state index contributed by atoms with van der Waals surface area (Å²) in [5.41, 5.74) is 1.32. The average Bonchev–Trinajstić information content (AvgIpc) is 2.46. The van der Waals surface area contributed by atoms with Crippen LogP contribution in [0.4, 0.5) is 5.69 Å². The molecule has 1 aromatic rings. The fraction of sp³-hybridized carbons (Fsp3) is 0.357. The van der Waals surface area contributed by atoms with Crippen LogP contribution >= 0.6 is 0 Å². The third-order valence-corrected chi connectivity index (χ3v) is 3.33. The molecular formula is C14H15N3O2. The van der Waals surface area contributed by atoms with Crippen LogP contribution in [0.25, 0.3) is 0 Å². The highest BCUT2D eigenvalue weighted by molar-refractivity contribution is 5.95. The van der Waals surface area contributed by atoms with E-state index in [0.717, 1.165) is 5.69 Å². The summed E-state index contributed by atoms with van der Waals surface area (Å²) in [7, 11) is 1.71. The van der Waals surface area contributed by atoms with Crippen molar-refractivity contribution in [2.45, 2.75) is 12.8 Å². The van der Waals surface area contributed by atoms with Crippen LogP contribution < -0.4 is 10.2 Å². The molecule has 1 aromatic carbocycles. The summed E-state index contributed by atoms with van der Waals surface area (Å²) in [4.78, 5) is 24.9. The topological polar surface area (TPSA) is 73.2 Å². The number of hydrogen-bond acceptors (Lipinski definition) is 3. The predicted molar refractivity (Wildman–Crippen MR) is 70.3 cm³/mol. The minimum atomic E-state index is -0.168. The first kappa shape index (κ1) is 13.1. The van der Waals surface area contributed by atoms with Crippen molar-refractivity contribution in [1.82, 2.24) is 5.32 Å². The highest BCUT2D eigenvalue weighted by atomic mass is 16.2. The van der Waals surface area contributed by atoms with Crippen LogP contribution in [0, 0.1) is 17.2 Å². The molecule has 1 aliphatic rings. The zero-order chi connectivity index (χ0) is 13.8. The number of benzene rings is 1. The average molecular weight is 257 g/mol. The van der Waals surface area contributed by atoms with Crippen LogP contribution in [-0.4, -0.2) is 25.4 Å². The molecule has 19 heavy (non-hydrogen) atoms. The van der Waals surface area contributed by atoms with Gasteiger partial charge in [-0.2, -0.15) is 5.26 Å². The van der Waals surface area contributed by atoms with Crippen molar-refractivity contribution in [1.29, 1.82) is 5.26 Å². The number of nitriles is 1. The van der Waals surface area contributed by atoms with Gasteiger partial charge in [0.05, 0.1) is 17.6 Å². The summed E-state index contributed by atoms with van der Waals surface area (Å²) in [6.45, 7) is 0.401. The molecule has 1 fully saturated rings. The number of nitrogens with one attached hydrogen (secondary N) is 1. The summed E-state index contributed by atoms with van der Waals surface area (Å²) < 4.78 is 0. The normalized spacial score (nSPS) is 18.3. The van der Waals surface area contributed by atoms with Gasteiger partial charge < -0.3 is 10.2 Å². The van der Waals surface area contributed by atoms with Gasteiger partial charge in [-0.05, 0) is 30.7 Å². The molecule has 1 aliphatic heterocycles. The molecule has 1 N–H and O–H groups in total. The van der Waals surface area contributed by atoms with Crippen molar-refractivity contribution in [3.05, 3.63) is 29.8 Å². The maximum Gasteiger partial charge on any atom is 0.231 e. The third-order valence-electron chi connectivity index (χ3n) is 3.33. The van der Waals surface area contributed by atoms with Gasteiger partial charge in [0.15, 0.2) is 0 Å². The van der Waals surface area contributed by atoms with Gasteiger partial charge in [0.25, 0.3) is 0 Å². The van der Waals surface area contributed by atoms with E-state index in [-0.39, 0.29) is 17.7 Å². The number of carbonyl (C=O) groups excluding carboxylic acids is 2. The molecule has 2 rings (SSSR count). The summed E-state index contributed by atoms with van der Waals surface area (Å²) in [6.07, 6.45) is 0.989. The van der Waals surface area contributed by atoms with Crippen LogP contribution in [0.5, 0.6) is 0 Å². The molecule has 1 atom stereocenters. The van der Waals surface area contributed by atoms with Gasteiger partial charge in [0.2, 0.25) is 11.8 Å². The Labute approximate surface area is 111 Å². The third kappa shape index (κ3) is 2.91. The molecule has 98 valence electrons. The molecule has 0 bridgehead atoms. The Hall–Kier alpha value is -2.35. The molecule has 0 spiro atoms. The number of hydrogen-bond donors (Lipinski definition) is 1. The molecule has 0 saturated carbocycles. The van der Waals surface area contributed by atoms with Crippen molar-refractivity contribution in [2.24, 2.45) is 5.92 Å². The highest BCUT2D eigenvalue weighted by Gasteiger charge is 2.27. The first-order chi connectivity index (χ1) is 9.11. The van der Waals surface area contributed by atoms with Crippen molar-refractivity contribution in [2.75, 3.05) is 18.5 Å². The second-order valence-electron chi connectivity index (χ2n) is 4.60. The lowest BCUT2D eigenvalue weighted by Crippen LogP contribution is -2.43. The van der Waals surface area contributed by atoms with Crippen LogP contribution in [0.1, 0.15) is 18.4 Å². The molecular weight excluding hydrogens is 242 g/mol. The van der Waals surface area contributed by atoms with Crippen LogP contribution in [0.2, 0.25) is 0 Å². The smallest absolute Gasteiger partial charge is 0.231 e. The molecule has 5 nitrogen and oxygen atoms in total. The summed E-state index contributed by atoms with van der Waals surface area (Å²) >= 11 is 0. The Balaban J connectivity index is 2.06. The largest absolute Gasteiger partial charge is 0.355 e. The predicted octanol–water partition coefficient (Wildman–Crippen LogP) is 1.05. The first-order valence-electron chi connectivity index (χ1n) is 6.16. The maximum atomic E-state index is 12.3. The maximum absolute atomic E-state index is 12.3. The Kier molecular flexibility index (Phi) is 3.81. The number of anilines is 1. The van der Waals surface area contributed by atoms with E-state index in [4.69, 9.17) is 5.26 Å². The van der Waals surface area contributed by atoms with Gasteiger partial charge in [-0.1, -0.05) is 0 Å². The second-order valence-corrected chi connectivity index (χ2v) is 4.60. The molecule has 5 heteroatoms. The number of rotatable bonds is 2. The van der Waals surface area contributed by atoms with Crippen LogP contribution in [0.3, 0.4) is 0 Å². The van der Waals surface area contributed by atoms with E-state index in [9.17, 15) is 9.59 Å². The standard InChI is InChI=1S/C14H15N3O2/c1-17(12-5-2-10(8-15)3-6-12)14(19)11-4-7-13(18)16-9-11/h2-3,5-6,11H,4,7,9H2,1H3,(H,16,18). The number of carbonyl (C=O) groups is 2. The van der Waals surface area contributed by atoms with E-state index in [1.165, 1.54) is 0 Å².